The zero-order valence-corrected chi connectivity index (χ0v) is 11.1. The van der Waals surface area contributed by atoms with Gasteiger partial charge in [0.2, 0.25) is 11.8 Å². The van der Waals surface area contributed by atoms with Crippen LogP contribution >= 0.6 is 0 Å². The number of carbonyl (C=O) groups is 3. The summed E-state index contributed by atoms with van der Waals surface area (Å²) in [6.45, 7) is 5.10. The van der Waals surface area contributed by atoms with E-state index in [1.165, 1.54) is 42.2 Å². The van der Waals surface area contributed by atoms with Gasteiger partial charge in [0.05, 0.1) is 5.56 Å². The van der Waals surface area contributed by atoms with Crippen molar-refractivity contribution in [2.75, 3.05) is 18.4 Å². The summed E-state index contributed by atoms with van der Waals surface area (Å²) in [6.07, 6.45) is 1.54. The van der Waals surface area contributed by atoms with Crippen LogP contribution in [-0.4, -0.2) is 40.9 Å². The molecule has 0 saturated carbocycles. The molecule has 0 aliphatic carbocycles. The fourth-order valence-electron chi connectivity index (χ4n) is 1.53. The molecule has 6 nitrogen and oxygen atoms in total. The van der Waals surface area contributed by atoms with E-state index < -0.39 is 5.97 Å². The molecule has 1 aromatic rings. The summed E-state index contributed by atoms with van der Waals surface area (Å²) in [5.41, 5.74) is 0.613. The molecular weight excluding hydrogens is 260 g/mol. The van der Waals surface area contributed by atoms with Crippen LogP contribution in [0.25, 0.3) is 0 Å². The molecule has 106 valence electrons. The summed E-state index contributed by atoms with van der Waals surface area (Å²) in [5, 5.41) is 11.3. The quantitative estimate of drug-likeness (QED) is 0.768. The SMILES string of the molecule is C=CCN(CC(=O)Nc1ccc(C(=O)O)cc1)C(C)=O. The number of benzene rings is 1. The fraction of sp³-hybridized carbons (Fsp3) is 0.214. The molecule has 0 saturated heterocycles. The number of nitrogens with zero attached hydrogens (tertiary/aromatic N) is 1. The maximum Gasteiger partial charge on any atom is 0.335 e. The van der Waals surface area contributed by atoms with Crippen molar-refractivity contribution in [3.8, 4) is 0 Å². The van der Waals surface area contributed by atoms with Crippen molar-refractivity contribution in [2.24, 2.45) is 0 Å². The molecule has 2 N–H and O–H groups in total. The molecule has 1 rings (SSSR count). The number of hydrogen-bond donors (Lipinski definition) is 2. The van der Waals surface area contributed by atoms with Gasteiger partial charge >= 0.3 is 5.97 Å². The van der Waals surface area contributed by atoms with E-state index in [-0.39, 0.29) is 23.9 Å². The van der Waals surface area contributed by atoms with Gasteiger partial charge in [-0.05, 0) is 24.3 Å². The van der Waals surface area contributed by atoms with Crippen molar-refractivity contribution in [1.82, 2.24) is 4.90 Å². The van der Waals surface area contributed by atoms with Crippen molar-refractivity contribution >= 4 is 23.5 Å². The van der Waals surface area contributed by atoms with Crippen LogP contribution in [-0.2, 0) is 9.59 Å². The second kappa shape index (κ2) is 7.08. The molecule has 0 fully saturated rings. The third-order valence-electron chi connectivity index (χ3n) is 2.54. The van der Waals surface area contributed by atoms with E-state index in [4.69, 9.17) is 5.11 Å². The van der Waals surface area contributed by atoms with Gasteiger partial charge in [-0.3, -0.25) is 9.59 Å². The van der Waals surface area contributed by atoms with Gasteiger partial charge in [0.15, 0.2) is 0 Å². The van der Waals surface area contributed by atoms with Crippen molar-refractivity contribution in [2.45, 2.75) is 6.92 Å². The number of hydrogen-bond acceptors (Lipinski definition) is 3. The normalized spacial score (nSPS) is 9.65. The maximum atomic E-state index is 11.8. The highest BCUT2D eigenvalue weighted by molar-refractivity contribution is 5.95. The van der Waals surface area contributed by atoms with Crippen LogP contribution < -0.4 is 5.32 Å². The summed E-state index contributed by atoms with van der Waals surface area (Å²) < 4.78 is 0. The Labute approximate surface area is 116 Å². The Morgan fingerprint density at radius 3 is 2.35 bits per heavy atom. The van der Waals surface area contributed by atoms with E-state index in [1.807, 2.05) is 0 Å². The smallest absolute Gasteiger partial charge is 0.335 e. The summed E-state index contributed by atoms with van der Waals surface area (Å²) >= 11 is 0. The molecule has 0 aliphatic heterocycles. The minimum Gasteiger partial charge on any atom is -0.478 e. The maximum absolute atomic E-state index is 11.8. The first-order chi connectivity index (χ1) is 9.43. The summed E-state index contributed by atoms with van der Waals surface area (Å²) in [7, 11) is 0. The molecule has 0 atom stereocenters. The van der Waals surface area contributed by atoms with Gasteiger partial charge < -0.3 is 15.3 Å². The molecule has 2 amide bonds. The monoisotopic (exact) mass is 276 g/mol. The molecular formula is C14H16N2O4. The van der Waals surface area contributed by atoms with Crippen LogP contribution in [0.15, 0.2) is 36.9 Å². The fourth-order valence-corrected chi connectivity index (χ4v) is 1.53. The topological polar surface area (TPSA) is 86.7 Å². The molecule has 0 aliphatic rings. The van der Waals surface area contributed by atoms with Crippen molar-refractivity contribution in [1.29, 1.82) is 0 Å². The van der Waals surface area contributed by atoms with E-state index >= 15 is 0 Å². The predicted molar refractivity (Wildman–Crippen MR) is 74.5 cm³/mol. The van der Waals surface area contributed by atoms with Crippen LogP contribution in [0, 0.1) is 0 Å². The van der Waals surface area contributed by atoms with Crippen molar-refractivity contribution in [3.63, 3.8) is 0 Å². The Hall–Kier alpha value is -2.63. The third-order valence-corrected chi connectivity index (χ3v) is 2.54. The van der Waals surface area contributed by atoms with Gasteiger partial charge in [-0.25, -0.2) is 4.79 Å². The Morgan fingerprint density at radius 1 is 1.30 bits per heavy atom. The number of amides is 2. The molecule has 0 spiro atoms. The molecule has 20 heavy (non-hydrogen) atoms. The molecule has 0 bridgehead atoms. The molecule has 6 heteroatoms. The van der Waals surface area contributed by atoms with Crippen LogP contribution in [0.4, 0.5) is 5.69 Å². The van der Waals surface area contributed by atoms with Crippen LogP contribution in [0.2, 0.25) is 0 Å². The zero-order valence-electron chi connectivity index (χ0n) is 11.1. The Balaban J connectivity index is 2.63. The number of carbonyl (C=O) groups excluding carboxylic acids is 2. The molecule has 0 unspecified atom stereocenters. The molecule has 0 radical (unpaired) electrons. The van der Waals surface area contributed by atoms with Gasteiger partial charge in [0, 0.05) is 19.2 Å². The lowest BCUT2D eigenvalue weighted by Gasteiger charge is -2.18. The highest BCUT2D eigenvalue weighted by Crippen LogP contribution is 2.09. The van der Waals surface area contributed by atoms with Crippen molar-refractivity contribution < 1.29 is 19.5 Å². The molecule has 0 heterocycles. The molecule has 1 aromatic carbocycles. The Bertz CT molecular complexity index is 522. The second-order valence-corrected chi connectivity index (χ2v) is 4.12. The number of rotatable bonds is 6. The van der Waals surface area contributed by atoms with E-state index in [2.05, 4.69) is 11.9 Å². The lowest BCUT2D eigenvalue weighted by Crippen LogP contribution is -2.36. The largest absolute Gasteiger partial charge is 0.478 e. The highest BCUT2D eigenvalue weighted by atomic mass is 16.4. The minimum atomic E-state index is -1.03. The van der Waals surface area contributed by atoms with Crippen LogP contribution in [0.5, 0.6) is 0 Å². The number of nitrogens with one attached hydrogen (secondary N) is 1. The van der Waals surface area contributed by atoms with Crippen LogP contribution in [0.3, 0.4) is 0 Å². The lowest BCUT2D eigenvalue weighted by atomic mass is 10.2. The zero-order chi connectivity index (χ0) is 15.1. The average molecular weight is 276 g/mol. The minimum absolute atomic E-state index is 0.0813. The van der Waals surface area contributed by atoms with E-state index in [1.54, 1.807) is 0 Å². The van der Waals surface area contributed by atoms with E-state index in [0.29, 0.717) is 12.2 Å². The average Bonchev–Trinajstić information content (AvgIpc) is 2.38. The summed E-state index contributed by atoms with van der Waals surface area (Å²) in [6, 6.07) is 5.77. The standard InChI is InChI=1S/C14H16N2O4/c1-3-8-16(10(2)17)9-13(18)15-12-6-4-11(5-7-12)14(19)20/h3-7H,1,8-9H2,2H3,(H,15,18)(H,19,20). The highest BCUT2D eigenvalue weighted by Gasteiger charge is 2.12. The van der Waals surface area contributed by atoms with Gasteiger partial charge in [0.1, 0.15) is 6.54 Å². The summed E-state index contributed by atoms with van der Waals surface area (Å²) in [4.78, 5) is 35.1. The first-order valence-electron chi connectivity index (χ1n) is 5.93. The van der Waals surface area contributed by atoms with E-state index in [9.17, 15) is 14.4 Å². The van der Waals surface area contributed by atoms with E-state index in [0.717, 1.165) is 0 Å². The lowest BCUT2D eigenvalue weighted by molar-refractivity contribution is -0.132. The first-order valence-corrected chi connectivity index (χ1v) is 5.93. The van der Waals surface area contributed by atoms with Gasteiger partial charge in [0.25, 0.3) is 0 Å². The Kier molecular flexibility index (Phi) is 5.46. The predicted octanol–water partition coefficient (Wildman–Crippen LogP) is 1.36. The Morgan fingerprint density at radius 2 is 1.90 bits per heavy atom. The number of aromatic carboxylic acids is 1. The van der Waals surface area contributed by atoms with Gasteiger partial charge in [-0.2, -0.15) is 0 Å². The van der Waals surface area contributed by atoms with Gasteiger partial charge in [-0.1, -0.05) is 6.08 Å². The second-order valence-electron chi connectivity index (χ2n) is 4.12. The van der Waals surface area contributed by atoms with Gasteiger partial charge in [-0.15, -0.1) is 6.58 Å². The molecule has 0 aromatic heterocycles. The number of carboxylic acid groups (broad SMARTS) is 1. The number of anilines is 1. The third kappa shape index (κ3) is 4.56. The first kappa shape index (κ1) is 15.4. The van der Waals surface area contributed by atoms with Crippen LogP contribution in [0.1, 0.15) is 17.3 Å². The van der Waals surface area contributed by atoms with Crippen molar-refractivity contribution in [3.05, 3.63) is 42.5 Å². The number of carboxylic acids is 1. The summed E-state index contributed by atoms with van der Waals surface area (Å²) in [5.74, 6) is -1.61.